The molecular weight excluding hydrogens is 326 g/mol. The van der Waals surface area contributed by atoms with Gasteiger partial charge in [-0.25, -0.2) is 0 Å². The maximum atomic E-state index is 12.4. The minimum absolute atomic E-state index is 0.186. The number of nitrogens with one attached hydrogen (secondary N) is 1. The minimum atomic E-state index is -0.186. The van der Waals surface area contributed by atoms with Crippen LogP contribution in [-0.4, -0.2) is 10.6 Å². The standard InChI is InChI=1S/C21H19N3O2/c1-15-7-8-16(2)24(15)23-21(25)17-9-11-20(12-10-17)26-14-19-6-4-3-5-18(19)13-22/h3-12H,14H2,1-2H3,(H,23,25). The normalized spacial score (nSPS) is 10.2. The molecule has 0 bridgehead atoms. The van der Waals surface area contributed by atoms with Gasteiger partial charge >= 0.3 is 0 Å². The van der Waals surface area contributed by atoms with Crippen LogP contribution in [0.1, 0.15) is 32.9 Å². The second kappa shape index (κ2) is 7.58. The molecule has 1 heterocycles. The van der Waals surface area contributed by atoms with Gasteiger partial charge in [-0.15, -0.1) is 0 Å². The molecule has 26 heavy (non-hydrogen) atoms. The van der Waals surface area contributed by atoms with Crippen LogP contribution in [0.5, 0.6) is 5.75 Å². The van der Waals surface area contributed by atoms with E-state index in [0.29, 0.717) is 23.5 Å². The zero-order chi connectivity index (χ0) is 18.5. The van der Waals surface area contributed by atoms with Gasteiger partial charge in [0, 0.05) is 22.5 Å². The molecule has 3 aromatic rings. The lowest BCUT2D eigenvalue weighted by Crippen LogP contribution is -2.24. The van der Waals surface area contributed by atoms with Gasteiger partial charge in [0.25, 0.3) is 5.91 Å². The van der Waals surface area contributed by atoms with Gasteiger partial charge in [0.15, 0.2) is 0 Å². The lowest BCUT2D eigenvalue weighted by Gasteiger charge is -2.12. The number of aromatic nitrogens is 1. The largest absolute Gasteiger partial charge is 0.489 e. The molecule has 1 amide bonds. The van der Waals surface area contributed by atoms with Crippen molar-refractivity contribution in [2.45, 2.75) is 20.5 Å². The lowest BCUT2D eigenvalue weighted by atomic mass is 10.1. The van der Waals surface area contributed by atoms with Crippen molar-refractivity contribution < 1.29 is 9.53 Å². The van der Waals surface area contributed by atoms with E-state index in [4.69, 9.17) is 10.00 Å². The molecule has 0 fully saturated rings. The Morgan fingerprint density at radius 1 is 1.04 bits per heavy atom. The number of nitrogens with zero attached hydrogens (tertiary/aromatic N) is 2. The predicted molar refractivity (Wildman–Crippen MR) is 99.5 cm³/mol. The number of rotatable bonds is 5. The number of nitriles is 1. The molecule has 1 N–H and O–H groups in total. The van der Waals surface area contributed by atoms with Crippen LogP contribution in [0.15, 0.2) is 60.7 Å². The summed E-state index contributed by atoms with van der Waals surface area (Å²) in [5.41, 5.74) is 6.77. The van der Waals surface area contributed by atoms with Gasteiger partial charge in [-0.05, 0) is 56.3 Å². The number of ether oxygens (including phenoxy) is 1. The van der Waals surface area contributed by atoms with Gasteiger partial charge in [-0.3, -0.25) is 14.9 Å². The summed E-state index contributed by atoms with van der Waals surface area (Å²) < 4.78 is 7.48. The Kier molecular flexibility index (Phi) is 5.04. The highest BCUT2D eigenvalue weighted by atomic mass is 16.5. The van der Waals surface area contributed by atoms with Crippen LogP contribution in [0.2, 0.25) is 0 Å². The Morgan fingerprint density at radius 3 is 2.35 bits per heavy atom. The summed E-state index contributed by atoms with van der Waals surface area (Å²) in [5.74, 6) is 0.455. The molecule has 3 rings (SSSR count). The van der Waals surface area contributed by atoms with E-state index in [9.17, 15) is 4.79 Å². The highest BCUT2D eigenvalue weighted by Gasteiger charge is 2.09. The average molecular weight is 345 g/mol. The van der Waals surface area contributed by atoms with Crippen LogP contribution < -0.4 is 10.2 Å². The van der Waals surface area contributed by atoms with Crippen molar-refractivity contribution in [3.8, 4) is 11.8 Å². The Labute approximate surface area is 152 Å². The first-order valence-electron chi connectivity index (χ1n) is 8.25. The Bertz CT molecular complexity index is 946. The number of amides is 1. The summed E-state index contributed by atoms with van der Waals surface area (Å²) in [6, 6.07) is 20.3. The SMILES string of the molecule is Cc1ccc(C)n1NC(=O)c1ccc(OCc2ccccc2C#N)cc1. The second-order valence-electron chi connectivity index (χ2n) is 5.97. The molecule has 5 nitrogen and oxygen atoms in total. The van der Waals surface area contributed by atoms with Crippen molar-refractivity contribution in [1.82, 2.24) is 4.68 Å². The number of hydrogen-bond acceptors (Lipinski definition) is 3. The molecule has 1 aromatic heterocycles. The number of carbonyl (C=O) groups is 1. The van der Waals surface area contributed by atoms with Gasteiger partial charge < -0.3 is 4.74 Å². The van der Waals surface area contributed by atoms with Gasteiger partial charge in [0.05, 0.1) is 11.6 Å². The highest BCUT2D eigenvalue weighted by Crippen LogP contribution is 2.16. The molecule has 130 valence electrons. The van der Waals surface area contributed by atoms with E-state index in [1.165, 1.54) is 0 Å². The molecule has 0 unspecified atom stereocenters. The smallest absolute Gasteiger partial charge is 0.270 e. The van der Waals surface area contributed by atoms with Crippen LogP contribution in [0, 0.1) is 25.2 Å². The van der Waals surface area contributed by atoms with Gasteiger partial charge in [-0.1, -0.05) is 18.2 Å². The van der Waals surface area contributed by atoms with E-state index >= 15 is 0 Å². The van der Waals surface area contributed by atoms with E-state index in [1.54, 1.807) is 35.0 Å². The van der Waals surface area contributed by atoms with Crippen LogP contribution in [0.3, 0.4) is 0 Å². The molecule has 0 aliphatic heterocycles. The van der Waals surface area contributed by atoms with Crippen LogP contribution in [-0.2, 0) is 6.61 Å². The van der Waals surface area contributed by atoms with Crippen molar-refractivity contribution in [2.24, 2.45) is 0 Å². The average Bonchev–Trinajstić information content (AvgIpc) is 2.99. The molecule has 0 atom stereocenters. The topological polar surface area (TPSA) is 67.1 Å². The monoisotopic (exact) mass is 345 g/mol. The fourth-order valence-electron chi connectivity index (χ4n) is 2.63. The van der Waals surface area contributed by atoms with Gasteiger partial charge in [0.1, 0.15) is 12.4 Å². The third-order valence-electron chi connectivity index (χ3n) is 4.13. The third kappa shape index (κ3) is 3.76. The maximum Gasteiger partial charge on any atom is 0.270 e. The first kappa shape index (κ1) is 17.3. The summed E-state index contributed by atoms with van der Waals surface area (Å²) in [4.78, 5) is 12.4. The second-order valence-corrected chi connectivity index (χ2v) is 5.97. The first-order valence-corrected chi connectivity index (χ1v) is 8.25. The van der Waals surface area contributed by atoms with Crippen molar-refractivity contribution in [3.63, 3.8) is 0 Å². The van der Waals surface area contributed by atoms with E-state index in [-0.39, 0.29) is 5.91 Å². The van der Waals surface area contributed by atoms with Crippen molar-refractivity contribution >= 4 is 5.91 Å². The lowest BCUT2D eigenvalue weighted by molar-refractivity contribution is 0.101. The number of aryl methyl sites for hydroxylation is 2. The Morgan fingerprint density at radius 2 is 1.69 bits per heavy atom. The number of benzene rings is 2. The molecule has 0 aliphatic rings. The fraction of sp³-hybridized carbons (Fsp3) is 0.143. The molecule has 0 radical (unpaired) electrons. The molecular formula is C21H19N3O2. The molecule has 2 aromatic carbocycles. The summed E-state index contributed by atoms with van der Waals surface area (Å²) in [5, 5.41) is 9.11. The fourth-order valence-corrected chi connectivity index (χ4v) is 2.63. The van der Waals surface area contributed by atoms with Crippen molar-refractivity contribution in [2.75, 3.05) is 5.43 Å². The van der Waals surface area contributed by atoms with Crippen LogP contribution in [0.25, 0.3) is 0 Å². The van der Waals surface area contributed by atoms with E-state index < -0.39 is 0 Å². The summed E-state index contributed by atoms with van der Waals surface area (Å²) >= 11 is 0. The molecule has 5 heteroatoms. The summed E-state index contributed by atoms with van der Waals surface area (Å²) in [6.07, 6.45) is 0. The van der Waals surface area contributed by atoms with Crippen LogP contribution >= 0.6 is 0 Å². The zero-order valence-electron chi connectivity index (χ0n) is 14.7. The van der Waals surface area contributed by atoms with Crippen molar-refractivity contribution in [3.05, 3.63) is 88.7 Å². The Hall–Kier alpha value is -3.52. The van der Waals surface area contributed by atoms with E-state index in [2.05, 4.69) is 11.5 Å². The number of hydrogen-bond donors (Lipinski definition) is 1. The van der Waals surface area contributed by atoms with Gasteiger partial charge in [-0.2, -0.15) is 5.26 Å². The molecule has 0 saturated heterocycles. The Balaban J connectivity index is 1.65. The third-order valence-corrected chi connectivity index (χ3v) is 4.13. The van der Waals surface area contributed by atoms with E-state index in [1.807, 2.05) is 44.2 Å². The maximum absolute atomic E-state index is 12.4. The number of carbonyl (C=O) groups excluding carboxylic acids is 1. The summed E-state index contributed by atoms with van der Waals surface area (Å²) in [7, 11) is 0. The van der Waals surface area contributed by atoms with Gasteiger partial charge in [0.2, 0.25) is 0 Å². The predicted octanol–water partition coefficient (Wildman–Crippen LogP) is 3.94. The zero-order valence-corrected chi connectivity index (χ0v) is 14.7. The quantitative estimate of drug-likeness (QED) is 0.761. The van der Waals surface area contributed by atoms with Crippen LogP contribution in [0.4, 0.5) is 0 Å². The minimum Gasteiger partial charge on any atom is -0.489 e. The summed E-state index contributed by atoms with van der Waals surface area (Å²) in [6.45, 7) is 4.17. The van der Waals surface area contributed by atoms with E-state index in [0.717, 1.165) is 17.0 Å². The van der Waals surface area contributed by atoms with Crippen molar-refractivity contribution in [1.29, 1.82) is 5.26 Å². The first-order chi connectivity index (χ1) is 12.6. The highest BCUT2D eigenvalue weighted by molar-refractivity contribution is 6.00. The molecule has 0 saturated carbocycles. The molecule has 0 aliphatic carbocycles. The molecule has 0 spiro atoms.